The van der Waals surface area contributed by atoms with E-state index in [0.29, 0.717) is 5.95 Å². The maximum Gasteiger partial charge on any atom is 0.224 e. The Balaban J connectivity index is 1.47. The highest BCUT2D eigenvalue weighted by Crippen LogP contribution is 2.35. The second kappa shape index (κ2) is 8.23. The second-order valence-electron chi connectivity index (χ2n) is 7.57. The molecule has 2 fully saturated rings. The van der Waals surface area contributed by atoms with Gasteiger partial charge >= 0.3 is 0 Å². The van der Waals surface area contributed by atoms with Gasteiger partial charge in [0.1, 0.15) is 5.82 Å². The van der Waals surface area contributed by atoms with Crippen LogP contribution in [0.3, 0.4) is 0 Å². The molecular formula is C21H28N4O2. The van der Waals surface area contributed by atoms with Crippen molar-refractivity contribution in [3.63, 3.8) is 0 Å². The number of hydrogen-bond donors (Lipinski definition) is 2. The lowest BCUT2D eigenvalue weighted by Gasteiger charge is -2.38. The van der Waals surface area contributed by atoms with E-state index in [2.05, 4.69) is 45.5 Å². The van der Waals surface area contributed by atoms with Gasteiger partial charge in [-0.25, -0.2) is 4.98 Å². The predicted molar refractivity (Wildman–Crippen MR) is 106 cm³/mol. The summed E-state index contributed by atoms with van der Waals surface area (Å²) < 4.78 is 5.62. The molecular weight excluding hydrogens is 340 g/mol. The molecule has 2 aromatic rings. The molecule has 0 radical (unpaired) electrons. The molecule has 1 aromatic carbocycles. The van der Waals surface area contributed by atoms with Gasteiger partial charge in [-0.15, -0.1) is 0 Å². The van der Waals surface area contributed by atoms with E-state index in [1.54, 1.807) is 0 Å². The quantitative estimate of drug-likeness (QED) is 0.845. The molecule has 4 rings (SSSR count). The Bertz CT molecular complexity index is 726. The fourth-order valence-corrected chi connectivity index (χ4v) is 4.08. The van der Waals surface area contributed by atoms with Crippen LogP contribution in [0.4, 0.5) is 11.8 Å². The third kappa shape index (κ3) is 4.22. The lowest BCUT2D eigenvalue weighted by Crippen LogP contribution is -2.40. The number of aliphatic hydroxyl groups is 1. The maximum atomic E-state index is 9.71. The van der Waals surface area contributed by atoms with Crippen molar-refractivity contribution < 1.29 is 9.84 Å². The molecule has 1 aromatic heterocycles. The summed E-state index contributed by atoms with van der Waals surface area (Å²) in [4.78, 5) is 11.4. The van der Waals surface area contributed by atoms with Gasteiger partial charge in [0.25, 0.3) is 0 Å². The number of nitrogens with one attached hydrogen (secondary N) is 1. The minimum atomic E-state index is -0.181. The fourth-order valence-electron chi connectivity index (χ4n) is 4.08. The Labute approximate surface area is 160 Å². The topological polar surface area (TPSA) is 70.5 Å². The van der Waals surface area contributed by atoms with Gasteiger partial charge in [-0.2, -0.15) is 4.98 Å². The largest absolute Gasteiger partial charge is 0.393 e. The number of aromatic nitrogens is 2. The molecule has 3 heterocycles. The average molecular weight is 368 g/mol. The first-order valence-electron chi connectivity index (χ1n) is 9.88. The zero-order valence-corrected chi connectivity index (χ0v) is 15.7. The van der Waals surface area contributed by atoms with Gasteiger partial charge in [0.05, 0.1) is 6.10 Å². The second-order valence-corrected chi connectivity index (χ2v) is 7.57. The van der Waals surface area contributed by atoms with Crippen molar-refractivity contribution >= 4 is 11.8 Å². The molecule has 144 valence electrons. The van der Waals surface area contributed by atoms with E-state index in [-0.39, 0.29) is 11.5 Å². The van der Waals surface area contributed by atoms with E-state index >= 15 is 0 Å². The average Bonchev–Trinajstić information content (AvgIpc) is 2.74. The predicted octanol–water partition coefficient (Wildman–Crippen LogP) is 2.60. The van der Waals surface area contributed by atoms with Crippen molar-refractivity contribution in [2.75, 3.05) is 43.1 Å². The van der Waals surface area contributed by atoms with Gasteiger partial charge in [0, 0.05) is 44.5 Å². The third-order valence-corrected chi connectivity index (χ3v) is 5.85. The number of nitrogens with zero attached hydrogens (tertiary/aromatic N) is 3. The molecule has 2 aliphatic rings. The van der Waals surface area contributed by atoms with Crippen molar-refractivity contribution in [1.82, 2.24) is 9.97 Å². The maximum absolute atomic E-state index is 9.71. The Kier molecular flexibility index (Phi) is 5.55. The zero-order valence-electron chi connectivity index (χ0n) is 15.7. The Morgan fingerprint density at radius 2 is 1.85 bits per heavy atom. The molecule has 2 N–H and O–H groups in total. The lowest BCUT2D eigenvalue weighted by molar-refractivity contribution is 0.0543. The van der Waals surface area contributed by atoms with Gasteiger partial charge in [-0.3, -0.25) is 0 Å². The minimum Gasteiger partial charge on any atom is -0.393 e. The Morgan fingerprint density at radius 1 is 1.11 bits per heavy atom. The van der Waals surface area contributed by atoms with Crippen LogP contribution in [-0.2, 0) is 10.2 Å². The molecule has 0 saturated carbocycles. The van der Waals surface area contributed by atoms with Gasteiger partial charge < -0.3 is 20.1 Å². The number of benzene rings is 1. The Hall–Kier alpha value is -2.18. The summed E-state index contributed by atoms with van der Waals surface area (Å²) in [6.07, 6.45) is 5.21. The number of piperidine rings is 1. The summed E-state index contributed by atoms with van der Waals surface area (Å²) in [7, 11) is 0. The van der Waals surface area contributed by atoms with Crippen molar-refractivity contribution in [2.24, 2.45) is 0 Å². The molecule has 6 heteroatoms. The lowest BCUT2D eigenvalue weighted by atomic mass is 9.74. The van der Waals surface area contributed by atoms with Crippen molar-refractivity contribution in [3.05, 3.63) is 48.2 Å². The summed E-state index contributed by atoms with van der Waals surface area (Å²) in [6.45, 7) is 4.04. The van der Waals surface area contributed by atoms with Crippen LogP contribution >= 0.6 is 0 Å². The number of anilines is 2. The van der Waals surface area contributed by atoms with Crippen LogP contribution in [0.15, 0.2) is 42.6 Å². The smallest absolute Gasteiger partial charge is 0.224 e. The summed E-state index contributed by atoms with van der Waals surface area (Å²) in [5.41, 5.74) is 1.40. The van der Waals surface area contributed by atoms with Crippen molar-refractivity contribution in [3.8, 4) is 0 Å². The first-order valence-corrected chi connectivity index (χ1v) is 9.88. The van der Waals surface area contributed by atoms with E-state index < -0.39 is 0 Å². The molecule has 0 amide bonds. The number of aliphatic hydroxyl groups excluding tert-OH is 1. The first kappa shape index (κ1) is 18.2. The third-order valence-electron chi connectivity index (χ3n) is 5.85. The van der Waals surface area contributed by atoms with E-state index in [9.17, 15) is 5.11 Å². The van der Waals surface area contributed by atoms with Crippen LogP contribution in [-0.4, -0.2) is 54.0 Å². The molecule has 0 unspecified atom stereocenters. The summed E-state index contributed by atoms with van der Waals surface area (Å²) in [5.74, 6) is 1.60. The van der Waals surface area contributed by atoms with Gasteiger partial charge in [0.2, 0.25) is 5.95 Å². The molecule has 27 heavy (non-hydrogen) atoms. The summed E-state index contributed by atoms with van der Waals surface area (Å²) in [5, 5.41) is 13.2. The molecule has 6 nitrogen and oxygen atoms in total. The molecule has 0 spiro atoms. The summed E-state index contributed by atoms with van der Waals surface area (Å²) >= 11 is 0. The van der Waals surface area contributed by atoms with E-state index in [1.165, 1.54) is 5.56 Å². The van der Waals surface area contributed by atoms with Crippen LogP contribution in [0.2, 0.25) is 0 Å². The Morgan fingerprint density at radius 3 is 2.59 bits per heavy atom. The molecule has 0 atom stereocenters. The van der Waals surface area contributed by atoms with Crippen LogP contribution in [0.1, 0.15) is 31.2 Å². The molecule has 2 saturated heterocycles. The number of ether oxygens (including phenoxy) is 1. The minimum absolute atomic E-state index is 0.0497. The van der Waals surface area contributed by atoms with Crippen LogP contribution in [0.25, 0.3) is 0 Å². The first-order chi connectivity index (χ1) is 13.3. The van der Waals surface area contributed by atoms with Gasteiger partial charge in [-0.1, -0.05) is 30.3 Å². The highest BCUT2D eigenvalue weighted by molar-refractivity contribution is 5.43. The van der Waals surface area contributed by atoms with E-state index in [4.69, 9.17) is 9.72 Å². The standard InChI is InChI=1S/C21H28N4O2/c26-18-7-12-25(13-8-18)19-6-11-22-20(24-19)23-16-21(9-14-27-15-10-21)17-4-2-1-3-5-17/h1-6,11,18,26H,7-10,12-16H2,(H,22,23,24). The number of hydrogen-bond acceptors (Lipinski definition) is 6. The molecule has 0 aliphatic carbocycles. The van der Waals surface area contributed by atoms with Gasteiger partial charge in [-0.05, 0) is 37.3 Å². The van der Waals surface area contributed by atoms with Crippen molar-refractivity contribution in [1.29, 1.82) is 0 Å². The summed E-state index contributed by atoms with van der Waals surface area (Å²) in [6, 6.07) is 12.6. The van der Waals surface area contributed by atoms with Crippen LogP contribution in [0.5, 0.6) is 0 Å². The van der Waals surface area contributed by atoms with E-state index in [0.717, 1.165) is 64.3 Å². The highest BCUT2D eigenvalue weighted by Gasteiger charge is 2.34. The molecule has 2 aliphatic heterocycles. The number of rotatable bonds is 5. The van der Waals surface area contributed by atoms with E-state index in [1.807, 2.05) is 12.3 Å². The SMILES string of the molecule is OC1CCN(c2ccnc(NCC3(c4ccccc4)CCOCC3)n2)CC1. The highest BCUT2D eigenvalue weighted by atomic mass is 16.5. The van der Waals surface area contributed by atoms with Gasteiger partial charge in [0.15, 0.2) is 0 Å². The molecule has 0 bridgehead atoms. The fraction of sp³-hybridized carbons (Fsp3) is 0.524. The van der Waals surface area contributed by atoms with Crippen molar-refractivity contribution in [2.45, 2.75) is 37.2 Å². The monoisotopic (exact) mass is 368 g/mol. The van der Waals surface area contributed by atoms with Crippen LogP contribution < -0.4 is 10.2 Å². The van der Waals surface area contributed by atoms with Crippen LogP contribution in [0, 0.1) is 0 Å². The normalized spacial score (nSPS) is 20.4. The zero-order chi connectivity index (χ0) is 18.5.